The number of ketones is 1. The van der Waals surface area contributed by atoms with Crippen molar-refractivity contribution in [1.29, 1.82) is 0 Å². The van der Waals surface area contributed by atoms with Gasteiger partial charge in [-0.2, -0.15) is 0 Å². The van der Waals surface area contributed by atoms with Gasteiger partial charge in [0.05, 0.1) is 5.69 Å². The molecule has 0 saturated carbocycles. The first-order valence-electron chi connectivity index (χ1n) is 7.37. The number of aryl methyl sites for hydroxylation is 1. The van der Waals surface area contributed by atoms with Crippen molar-refractivity contribution in [2.24, 2.45) is 0 Å². The monoisotopic (exact) mass is 344 g/mol. The lowest BCUT2D eigenvalue weighted by Gasteiger charge is -2.07. The van der Waals surface area contributed by atoms with Gasteiger partial charge in [-0.3, -0.25) is 19.0 Å². The van der Waals surface area contributed by atoms with Gasteiger partial charge in [-0.25, -0.2) is 0 Å². The molecule has 0 radical (unpaired) electrons. The van der Waals surface area contributed by atoms with E-state index in [0.29, 0.717) is 16.7 Å². The largest absolute Gasteiger partial charge is 0.451 e. The number of anilines is 1. The fraction of sp³-hybridized carbons (Fsp3) is 0.235. The maximum absolute atomic E-state index is 12.4. The van der Waals surface area contributed by atoms with Gasteiger partial charge >= 0.3 is 4.87 Å². The third-order valence-corrected chi connectivity index (χ3v) is 4.85. The van der Waals surface area contributed by atoms with Crippen LogP contribution in [0, 0.1) is 13.8 Å². The van der Waals surface area contributed by atoms with Gasteiger partial charge in [0.25, 0.3) is 0 Å². The second-order valence-electron chi connectivity index (χ2n) is 5.50. The fourth-order valence-corrected chi connectivity index (χ4v) is 3.34. The molecule has 24 heavy (non-hydrogen) atoms. The molecule has 1 amide bonds. The van der Waals surface area contributed by atoms with E-state index in [9.17, 15) is 14.4 Å². The molecule has 0 aliphatic heterocycles. The van der Waals surface area contributed by atoms with Crippen LogP contribution in [-0.4, -0.2) is 16.3 Å². The average molecular weight is 344 g/mol. The number of amides is 1. The van der Waals surface area contributed by atoms with Gasteiger partial charge in [-0.15, -0.1) is 0 Å². The summed E-state index contributed by atoms with van der Waals surface area (Å²) in [6.45, 7) is 4.91. The quantitative estimate of drug-likeness (QED) is 0.737. The highest BCUT2D eigenvalue weighted by Crippen LogP contribution is 2.31. The standard InChI is InChI=1S/C17H16N2O4S/c1-9-11(3)24-17(22)19(9)8-14(21)18-15-12-6-4-5-7-13(12)23-16(15)10(2)20/h4-7H,8H2,1-3H3,(H,18,21). The van der Waals surface area contributed by atoms with E-state index in [1.165, 1.54) is 11.5 Å². The van der Waals surface area contributed by atoms with E-state index >= 15 is 0 Å². The van der Waals surface area contributed by atoms with E-state index in [1.807, 2.05) is 6.92 Å². The number of rotatable bonds is 4. The first-order valence-corrected chi connectivity index (χ1v) is 8.19. The molecule has 2 heterocycles. The maximum Gasteiger partial charge on any atom is 0.308 e. The molecule has 7 heteroatoms. The zero-order valence-corrected chi connectivity index (χ0v) is 14.3. The summed E-state index contributed by atoms with van der Waals surface area (Å²) >= 11 is 1.11. The van der Waals surface area contributed by atoms with Gasteiger partial charge in [0.2, 0.25) is 5.91 Å². The summed E-state index contributed by atoms with van der Waals surface area (Å²) < 4.78 is 6.95. The summed E-state index contributed by atoms with van der Waals surface area (Å²) in [4.78, 5) is 36.8. The Balaban J connectivity index is 1.94. The number of thiazole rings is 1. The average Bonchev–Trinajstić information content (AvgIpc) is 3.01. The number of carbonyl (C=O) groups excluding carboxylic acids is 2. The van der Waals surface area contributed by atoms with Crippen molar-refractivity contribution in [2.75, 3.05) is 5.32 Å². The highest BCUT2D eigenvalue weighted by atomic mass is 32.1. The van der Waals surface area contributed by atoms with Crippen molar-refractivity contribution < 1.29 is 14.0 Å². The number of Topliss-reactive ketones (excluding diaryl/α,β-unsaturated/α-hetero) is 1. The molecule has 0 bridgehead atoms. The molecule has 3 rings (SSSR count). The van der Waals surface area contributed by atoms with E-state index in [4.69, 9.17) is 4.42 Å². The third-order valence-electron chi connectivity index (χ3n) is 3.86. The highest BCUT2D eigenvalue weighted by Gasteiger charge is 2.20. The lowest BCUT2D eigenvalue weighted by atomic mass is 10.2. The molecule has 0 atom stereocenters. The van der Waals surface area contributed by atoms with E-state index in [-0.39, 0.29) is 28.9 Å². The number of aromatic nitrogens is 1. The lowest BCUT2D eigenvalue weighted by molar-refractivity contribution is -0.116. The molecular weight excluding hydrogens is 328 g/mol. The smallest absolute Gasteiger partial charge is 0.308 e. The first kappa shape index (κ1) is 16.2. The van der Waals surface area contributed by atoms with Crippen molar-refractivity contribution in [3.63, 3.8) is 0 Å². The van der Waals surface area contributed by atoms with Crippen molar-refractivity contribution in [3.8, 4) is 0 Å². The van der Waals surface area contributed by atoms with Gasteiger partial charge in [0, 0.05) is 22.9 Å². The number of fused-ring (bicyclic) bond motifs is 1. The summed E-state index contributed by atoms with van der Waals surface area (Å²) in [6, 6.07) is 7.09. The molecule has 0 saturated heterocycles. The predicted octanol–water partition coefficient (Wildman–Crippen LogP) is 3.11. The zero-order chi connectivity index (χ0) is 17.4. The van der Waals surface area contributed by atoms with Crippen molar-refractivity contribution in [1.82, 2.24) is 4.57 Å². The van der Waals surface area contributed by atoms with Crippen molar-refractivity contribution >= 4 is 39.7 Å². The van der Waals surface area contributed by atoms with E-state index in [0.717, 1.165) is 21.9 Å². The number of para-hydroxylation sites is 1. The molecular formula is C17H16N2O4S. The SMILES string of the molecule is CC(=O)c1oc2ccccc2c1NC(=O)Cn1c(C)c(C)sc1=O. The van der Waals surface area contributed by atoms with Crippen LogP contribution in [0.15, 0.2) is 33.5 Å². The molecule has 0 fully saturated rings. The highest BCUT2D eigenvalue weighted by molar-refractivity contribution is 7.09. The number of hydrogen-bond donors (Lipinski definition) is 1. The lowest BCUT2D eigenvalue weighted by Crippen LogP contribution is -2.25. The van der Waals surface area contributed by atoms with Crippen LogP contribution in [-0.2, 0) is 11.3 Å². The van der Waals surface area contributed by atoms with Crippen LogP contribution in [0.5, 0.6) is 0 Å². The summed E-state index contributed by atoms with van der Waals surface area (Å²) in [5, 5.41) is 3.37. The predicted molar refractivity (Wildman–Crippen MR) is 92.9 cm³/mol. The molecule has 1 N–H and O–H groups in total. The van der Waals surface area contributed by atoms with Crippen LogP contribution in [0.3, 0.4) is 0 Å². The Labute approximate surface area is 141 Å². The van der Waals surface area contributed by atoms with E-state index in [2.05, 4.69) is 5.32 Å². The van der Waals surface area contributed by atoms with Gasteiger partial charge < -0.3 is 9.73 Å². The Bertz CT molecular complexity index is 1010. The van der Waals surface area contributed by atoms with Crippen molar-refractivity contribution in [2.45, 2.75) is 27.3 Å². The van der Waals surface area contributed by atoms with Gasteiger partial charge in [0.1, 0.15) is 12.1 Å². The maximum atomic E-state index is 12.4. The van der Waals surface area contributed by atoms with E-state index < -0.39 is 0 Å². The minimum absolute atomic E-state index is 0.105. The second kappa shape index (κ2) is 6.09. The molecule has 6 nitrogen and oxygen atoms in total. The second-order valence-corrected chi connectivity index (χ2v) is 6.67. The Morgan fingerprint density at radius 3 is 2.58 bits per heavy atom. The summed E-state index contributed by atoms with van der Waals surface area (Å²) in [6.07, 6.45) is 0. The van der Waals surface area contributed by atoms with Crippen LogP contribution in [0.1, 0.15) is 28.0 Å². The topological polar surface area (TPSA) is 81.3 Å². The number of carbonyl (C=O) groups is 2. The summed E-state index contributed by atoms with van der Waals surface area (Å²) in [5.74, 6) is -0.552. The molecule has 3 aromatic rings. The molecule has 0 unspecified atom stereocenters. The Hall–Kier alpha value is -2.67. The zero-order valence-electron chi connectivity index (χ0n) is 13.5. The first-order chi connectivity index (χ1) is 11.4. The number of nitrogens with one attached hydrogen (secondary N) is 1. The minimum Gasteiger partial charge on any atom is -0.451 e. The van der Waals surface area contributed by atoms with Crippen LogP contribution in [0.4, 0.5) is 5.69 Å². The van der Waals surface area contributed by atoms with Gasteiger partial charge in [0.15, 0.2) is 11.5 Å². The summed E-state index contributed by atoms with van der Waals surface area (Å²) in [7, 11) is 0. The molecule has 0 spiro atoms. The molecule has 2 aromatic heterocycles. The molecule has 0 aliphatic carbocycles. The molecule has 0 aliphatic rings. The molecule has 124 valence electrons. The minimum atomic E-state index is -0.382. The van der Waals surface area contributed by atoms with Crippen LogP contribution in [0.2, 0.25) is 0 Å². The number of hydrogen-bond acceptors (Lipinski definition) is 5. The number of furan rings is 1. The molecule has 1 aromatic carbocycles. The van der Waals surface area contributed by atoms with Crippen LogP contribution >= 0.6 is 11.3 Å². The number of benzene rings is 1. The Morgan fingerprint density at radius 1 is 1.25 bits per heavy atom. The van der Waals surface area contributed by atoms with Crippen molar-refractivity contribution in [3.05, 3.63) is 50.3 Å². The van der Waals surface area contributed by atoms with E-state index in [1.54, 1.807) is 31.2 Å². The van der Waals surface area contributed by atoms with Crippen LogP contribution in [0.25, 0.3) is 11.0 Å². The van der Waals surface area contributed by atoms with Gasteiger partial charge in [-0.05, 0) is 26.0 Å². The normalized spacial score (nSPS) is 11.0. The summed E-state index contributed by atoms with van der Waals surface area (Å²) in [5.41, 5.74) is 1.64. The third kappa shape index (κ3) is 2.78. The van der Waals surface area contributed by atoms with Crippen LogP contribution < -0.4 is 10.2 Å². The number of nitrogens with zero attached hydrogens (tertiary/aromatic N) is 1. The Morgan fingerprint density at radius 2 is 1.96 bits per heavy atom. The van der Waals surface area contributed by atoms with Gasteiger partial charge in [-0.1, -0.05) is 23.5 Å². The fourth-order valence-electron chi connectivity index (χ4n) is 2.51. The Kier molecular flexibility index (Phi) is 4.11.